The van der Waals surface area contributed by atoms with E-state index in [1.165, 1.54) is 0 Å². The van der Waals surface area contributed by atoms with E-state index in [4.69, 9.17) is 4.74 Å². The zero-order valence-corrected chi connectivity index (χ0v) is 18.7. The third-order valence-corrected chi connectivity index (χ3v) is 6.31. The van der Waals surface area contributed by atoms with Gasteiger partial charge in [-0.25, -0.2) is 4.79 Å². The van der Waals surface area contributed by atoms with Gasteiger partial charge >= 0.3 is 6.09 Å². The summed E-state index contributed by atoms with van der Waals surface area (Å²) in [6, 6.07) is 4.31. The summed E-state index contributed by atoms with van der Waals surface area (Å²) in [5.74, 6) is 0.882. The van der Waals surface area contributed by atoms with E-state index >= 15 is 0 Å². The summed E-state index contributed by atoms with van der Waals surface area (Å²) in [5.41, 5.74) is -0.858. The zero-order chi connectivity index (χ0) is 19.3. The van der Waals surface area contributed by atoms with Crippen molar-refractivity contribution < 1.29 is 9.53 Å². The molecule has 3 atom stereocenters. The fraction of sp³-hybridized carbons (Fsp3) is 0.737. The van der Waals surface area contributed by atoms with E-state index in [-0.39, 0.29) is 17.2 Å². The van der Waals surface area contributed by atoms with Crippen molar-refractivity contribution in [1.82, 2.24) is 15.1 Å². The Kier molecular flexibility index (Phi) is 4.90. The smallest absolute Gasteiger partial charge is 0.411 e. The topological polar surface area (TPSA) is 58.6 Å². The van der Waals surface area contributed by atoms with E-state index in [1.54, 1.807) is 0 Å². The van der Waals surface area contributed by atoms with E-state index in [2.05, 4.69) is 58.6 Å². The van der Waals surface area contributed by atoms with Crippen molar-refractivity contribution in [2.45, 2.75) is 83.0 Å². The quantitative estimate of drug-likeness (QED) is 0.604. The molecule has 144 valence electrons. The summed E-state index contributed by atoms with van der Waals surface area (Å²) in [6.45, 7) is 10.2. The minimum atomic E-state index is -0.479. The summed E-state index contributed by atoms with van der Waals surface area (Å²) in [5, 5.41) is 8.51. The van der Waals surface area contributed by atoms with E-state index in [9.17, 15) is 4.79 Å². The van der Waals surface area contributed by atoms with E-state index in [1.807, 2.05) is 37.8 Å². The fourth-order valence-electron chi connectivity index (χ4n) is 4.59. The number of hydrogen-bond donors (Lipinski definition) is 0. The molecule has 7 heteroatoms. The van der Waals surface area contributed by atoms with Gasteiger partial charge in [0, 0.05) is 24.2 Å². The molecule has 3 heterocycles. The summed E-state index contributed by atoms with van der Waals surface area (Å²) in [4.78, 5) is 17.2. The number of carbonyl (C=O) groups excluding carboxylic acids is 1. The average Bonchev–Trinajstić information content (AvgIpc) is 2.67. The molecule has 3 rings (SSSR count). The number of fused-ring (bicyclic) bond motifs is 2. The molecule has 2 saturated heterocycles. The van der Waals surface area contributed by atoms with Crippen LogP contribution in [0.5, 0.6) is 0 Å². The van der Waals surface area contributed by atoms with Crippen molar-refractivity contribution in [2.24, 2.45) is 0 Å². The van der Waals surface area contributed by atoms with Gasteiger partial charge in [-0.15, -0.1) is 10.2 Å². The molecule has 2 aliphatic heterocycles. The van der Waals surface area contributed by atoms with Crippen molar-refractivity contribution in [3.63, 3.8) is 0 Å². The molecular formula is C19H29IN4O2. The molecule has 0 spiro atoms. The van der Waals surface area contributed by atoms with E-state index in [0.717, 1.165) is 35.2 Å². The number of hydrogen-bond acceptors (Lipinski definition) is 5. The number of nitrogens with zero attached hydrogens (tertiary/aromatic N) is 4. The van der Waals surface area contributed by atoms with Crippen LogP contribution in [0.3, 0.4) is 0 Å². The SMILES string of the molecule is CN(c1ccc(I)nn1)C1C[C@]2(C)CC[C@](C)(C1)N2C(=O)OC(C)(C)C. The van der Waals surface area contributed by atoms with Crippen molar-refractivity contribution in [2.75, 3.05) is 11.9 Å². The van der Waals surface area contributed by atoms with Crippen LogP contribution in [0.2, 0.25) is 0 Å². The molecule has 2 bridgehead atoms. The van der Waals surface area contributed by atoms with E-state index < -0.39 is 5.60 Å². The summed E-state index contributed by atoms with van der Waals surface area (Å²) in [7, 11) is 2.08. The van der Waals surface area contributed by atoms with Crippen molar-refractivity contribution >= 4 is 34.5 Å². The van der Waals surface area contributed by atoms with Crippen molar-refractivity contribution in [3.05, 3.63) is 15.8 Å². The summed E-state index contributed by atoms with van der Waals surface area (Å²) < 4.78 is 6.62. The van der Waals surface area contributed by atoms with Crippen LogP contribution < -0.4 is 4.90 Å². The summed E-state index contributed by atoms with van der Waals surface area (Å²) in [6.07, 6.45) is 3.64. The molecular weight excluding hydrogens is 443 g/mol. The predicted octanol–water partition coefficient (Wildman–Crippen LogP) is 4.23. The lowest BCUT2D eigenvalue weighted by atomic mass is 9.82. The Balaban J connectivity index is 1.83. The highest BCUT2D eigenvalue weighted by molar-refractivity contribution is 14.1. The average molecular weight is 472 g/mol. The monoisotopic (exact) mass is 472 g/mol. The second-order valence-corrected chi connectivity index (χ2v) is 10.3. The maximum absolute atomic E-state index is 12.9. The highest BCUT2D eigenvalue weighted by atomic mass is 127. The Hall–Kier alpha value is -1.12. The minimum Gasteiger partial charge on any atom is -0.444 e. The molecule has 26 heavy (non-hydrogen) atoms. The van der Waals surface area contributed by atoms with Crippen LogP contribution in [0.4, 0.5) is 10.6 Å². The van der Waals surface area contributed by atoms with Crippen LogP contribution in [-0.4, -0.2) is 51.0 Å². The predicted molar refractivity (Wildman–Crippen MR) is 110 cm³/mol. The van der Waals surface area contributed by atoms with Crippen LogP contribution in [0.25, 0.3) is 0 Å². The van der Waals surface area contributed by atoms with Crippen LogP contribution in [0.15, 0.2) is 12.1 Å². The Morgan fingerprint density at radius 2 is 1.81 bits per heavy atom. The van der Waals surface area contributed by atoms with Crippen LogP contribution >= 0.6 is 22.6 Å². The lowest BCUT2D eigenvalue weighted by Gasteiger charge is -2.52. The molecule has 2 aliphatic rings. The first-order valence-electron chi connectivity index (χ1n) is 9.19. The van der Waals surface area contributed by atoms with Gasteiger partial charge in [-0.3, -0.25) is 4.90 Å². The molecule has 0 N–H and O–H groups in total. The Morgan fingerprint density at radius 3 is 2.27 bits per heavy atom. The molecule has 0 aromatic carbocycles. The zero-order valence-electron chi connectivity index (χ0n) is 16.5. The minimum absolute atomic E-state index is 0.185. The van der Waals surface area contributed by atoms with Gasteiger partial charge < -0.3 is 9.64 Å². The maximum atomic E-state index is 12.9. The van der Waals surface area contributed by atoms with Gasteiger partial charge in [0.05, 0.1) is 0 Å². The first-order chi connectivity index (χ1) is 11.9. The van der Waals surface area contributed by atoms with E-state index in [0.29, 0.717) is 6.04 Å². The van der Waals surface area contributed by atoms with Gasteiger partial charge in [0.2, 0.25) is 0 Å². The molecule has 0 aliphatic carbocycles. The largest absolute Gasteiger partial charge is 0.444 e. The lowest BCUT2D eigenvalue weighted by molar-refractivity contribution is -0.0357. The highest BCUT2D eigenvalue weighted by Crippen LogP contribution is 2.52. The number of carbonyl (C=O) groups is 1. The third kappa shape index (κ3) is 3.64. The second-order valence-electron chi connectivity index (χ2n) is 9.20. The third-order valence-electron chi connectivity index (χ3n) is 5.74. The molecule has 1 aromatic heterocycles. The van der Waals surface area contributed by atoms with Crippen LogP contribution in [0, 0.1) is 3.70 Å². The standard InChI is InChI=1S/C19H29IN4O2/c1-17(2,3)26-16(25)24-18(4)9-10-19(24,5)12-13(11-18)23(6)15-8-7-14(20)21-22-15/h7-8,13H,9-12H2,1-6H3/t13?,18-,19+. The number of anilines is 1. The number of rotatable bonds is 2. The van der Waals surface area contributed by atoms with Crippen molar-refractivity contribution in [3.8, 4) is 0 Å². The summed E-state index contributed by atoms with van der Waals surface area (Å²) >= 11 is 2.17. The molecule has 1 unspecified atom stereocenters. The maximum Gasteiger partial charge on any atom is 0.411 e. The molecule has 0 saturated carbocycles. The normalized spacial score (nSPS) is 31.0. The van der Waals surface area contributed by atoms with Gasteiger partial charge in [0.15, 0.2) is 5.82 Å². The van der Waals surface area contributed by atoms with Gasteiger partial charge in [0.1, 0.15) is 9.30 Å². The first kappa shape index (κ1) is 19.6. The number of ether oxygens (including phenoxy) is 1. The highest BCUT2D eigenvalue weighted by Gasteiger charge is 2.59. The molecule has 6 nitrogen and oxygen atoms in total. The fourth-order valence-corrected chi connectivity index (χ4v) is 4.88. The Morgan fingerprint density at radius 1 is 1.23 bits per heavy atom. The van der Waals surface area contributed by atoms with Crippen molar-refractivity contribution in [1.29, 1.82) is 0 Å². The van der Waals surface area contributed by atoms with Gasteiger partial charge in [-0.2, -0.15) is 0 Å². The molecule has 1 amide bonds. The van der Waals surface area contributed by atoms with Crippen LogP contribution in [-0.2, 0) is 4.74 Å². The Labute approximate surface area is 169 Å². The number of aromatic nitrogens is 2. The first-order valence-corrected chi connectivity index (χ1v) is 10.3. The van der Waals surface area contributed by atoms with Gasteiger partial charge in [0.25, 0.3) is 0 Å². The van der Waals surface area contributed by atoms with Gasteiger partial charge in [-0.05, 0) is 95.0 Å². The molecule has 2 fully saturated rings. The second kappa shape index (κ2) is 6.49. The number of halogens is 1. The Bertz CT molecular complexity index is 670. The molecule has 0 radical (unpaired) electrons. The lowest BCUT2D eigenvalue weighted by Crippen LogP contribution is -2.63. The van der Waals surface area contributed by atoms with Gasteiger partial charge in [-0.1, -0.05) is 0 Å². The molecule has 1 aromatic rings. The number of piperidine rings is 1. The number of amides is 1. The van der Waals surface area contributed by atoms with Crippen LogP contribution in [0.1, 0.15) is 60.3 Å².